The highest BCUT2D eigenvalue weighted by Crippen LogP contribution is 2.53. The lowest BCUT2D eigenvalue weighted by Crippen LogP contribution is -2.59. The molecule has 4 aliphatic rings. The van der Waals surface area contributed by atoms with Crippen molar-refractivity contribution in [3.05, 3.63) is 36.5 Å². The summed E-state index contributed by atoms with van der Waals surface area (Å²) in [6.45, 7) is 12.9. The summed E-state index contributed by atoms with van der Waals surface area (Å²) in [4.78, 5) is 24.0. The first kappa shape index (κ1) is 24.1. The molecule has 0 aromatic rings. The van der Waals surface area contributed by atoms with Crippen molar-refractivity contribution < 1.29 is 49.0 Å². The van der Waals surface area contributed by atoms with E-state index in [2.05, 4.69) is 19.7 Å². The smallest absolute Gasteiger partial charge is 0.334 e. The van der Waals surface area contributed by atoms with Gasteiger partial charge in [0.25, 0.3) is 0 Å². The number of rotatable bonds is 4. The highest BCUT2D eigenvalue weighted by Gasteiger charge is 2.57. The average Bonchev–Trinajstić information content (AvgIpc) is 3.19. The highest BCUT2D eigenvalue weighted by molar-refractivity contribution is 5.91. The second-order valence-electron chi connectivity index (χ2n) is 9.20. The van der Waals surface area contributed by atoms with Gasteiger partial charge in [0, 0.05) is 24.8 Å². The zero-order valence-electron chi connectivity index (χ0n) is 18.3. The molecule has 2 saturated carbocycles. The molecular weight excluding hydrogens is 436 g/mol. The zero-order chi connectivity index (χ0) is 24.2. The van der Waals surface area contributed by atoms with Gasteiger partial charge in [0.15, 0.2) is 6.29 Å². The molecule has 0 aromatic heterocycles. The molecule has 0 bridgehead atoms. The molecule has 10 heteroatoms. The van der Waals surface area contributed by atoms with Gasteiger partial charge in [0.05, 0.1) is 18.6 Å². The number of fused-ring (bicyclic) bond motifs is 3. The number of carbonyl (C=O) groups is 2. The van der Waals surface area contributed by atoms with E-state index in [0.29, 0.717) is 18.4 Å². The summed E-state index contributed by atoms with van der Waals surface area (Å²) in [5.74, 6) is -2.19. The lowest BCUT2D eigenvalue weighted by atomic mass is 9.81. The van der Waals surface area contributed by atoms with Crippen LogP contribution in [0, 0.1) is 17.8 Å². The monoisotopic (exact) mass is 466 g/mol. The van der Waals surface area contributed by atoms with Crippen molar-refractivity contribution in [3.63, 3.8) is 0 Å². The van der Waals surface area contributed by atoms with Crippen LogP contribution in [0.1, 0.15) is 19.8 Å². The fourth-order valence-corrected chi connectivity index (χ4v) is 5.55. The van der Waals surface area contributed by atoms with Crippen LogP contribution in [0.2, 0.25) is 0 Å². The van der Waals surface area contributed by atoms with E-state index in [4.69, 9.17) is 18.9 Å². The summed E-state index contributed by atoms with van der Waals surface area (Å²) in [7, 11) is 0. The first-order chi connectivity index (χ1) is 15.5. The van der Waals surface area contributed by atoms with Crippen molar-refractivity contribution in [3.8, 4) is 0 Å². The van der Waals surface area contributed by atoms with Crippen molar-refractivity contribution in [1.29, 1.82) is 0 Å². The minimum Gasteiger partial charge on any atom is -0.461 e. The molecule has 2 aliphatic carbocycles. The van der Waals surface area contributed by atoms with Crippen molar-refractivity contribution in [2.24, 2.45) is 17.8 Å². The molecule has 2 heterocycles. The van der Waals surface area contributed by atoms with Crippen molar-refractivity contribution >= 4 is 11.9 Å². The Labute approximate surface area is 191 Å². The predicted octanol–water partition coefficient (Wildman–Crippen LogP) is -0.647. The van der Waals surface area contributed by atoms with Gasteiger partial charge in [0.1, 0.15) is 36.6 Å². The van der Waals surface area contributed by atoms with E-state index in [-0.39, 0.29) is 17.4 Å². The van der Waals surface area contributed by atoms with Crippen LogP contribution in [0.3, 0.4) is 0 Å². The largest absolute Gasteiger partial charge is 0.461 e. The standard InChI is InChI=1S/C23H30O10/c1-8-5-14(30-11(4)25)17-10(3)22(29)33-21(17)16-9(2)13(6-12(8)16)31-23-20(28)19(27)18(26)15(7-24)32-23/h12-21,23-24,26-28H,1-3,5-7H2,4H3/t12-,13-,14+,15+,16-,17+,18+,19-,20+,21+,23+/m0/s1. The van der Waals surface area contributed by atoms with Crippen LogP contribution in [0.4, 0.5) is 0 Å². The number of aliphatic hydroxyl groups excluding tert-OH is 4. The molecule has 0 aromatic carbocycles. The number of aliphatic hydroxyl groups is 4. The van der Waals surface area contributed by atoms with E-state index in [0.717, 1.165) is 5.57 Å². The quantitative estimate of drug-likeness (QED) is 0.239. The van der Waals surface area contributed by atoms with E-state index in [1.54, 1.807) is 0 Å². The number of hydrogen-bond donors (Lipinski definition) is 4. The normalized spacial score (nSPS) is 45.3. The lowest BCUT2D eigenvalue weighted by Gasteiger charge is -2.40. The molecule has 2 saturated heterocycles. The molecule has 4 rings (SSSR count). The van der Waals surface area contributed by atoms with Gasteiger partial charge in [0.2, 0.25) is 0 Å². The summed E-state index contributed by atoms with van der Waals surface area (Å²) in [6.07, 6.45) is -8.27. The van der Waals surface area contributed by atoms with Crippen molar-refractivity contribution in [2.75, 3.05) is 6.61 Å². The Balaban J connectivity index is 1.58. The van der Waals surface area contributed by atoms with Gasteiger partial charge in [-0.05, 0) is 17.9 Å². The molecule has 10 nitrogen and oxygen atoms in total. The Morgan fingerprint density at radius 1 is 1.12 bits per heavy atom. The third kappa shape index (κ3) is 4.05. The van der Waals surface area contributed by atoms with E-state index in [1.165, 1.54) is 6.92 Å². The topological polar surface area (TPSA) is 152 Å². The minimum atomic E-state index is -1.57. The summed E-state index contributed by atoms with van der Waals surface area (Å²) in [5, 5.41) is 39.8. The number of carbonyl (C=O) groups excluding carboxylic acids is 2. The van der Waals surface area contributed by atoms with E-state index >= 15 is 0 Å². The Morgan fingerprint density at radius 3 is 2.45 bits per heavy atom. The summed E-state index contributed by atoms with van der Waals surface area (Å²) >= 11 is 0. The van der Waals surface area contributed by atoms with Gasteiger partial charge in [-0.3, -0.25) is 4.79 Å². The van der Waals surface area contributed by atoms with Gasteiger partial charge in [-0.25, -0.2) is 4.79 Å². The molecule has 182 valence electrons. The van der Waals surface area contributed by atoms with Gasteiger partial charge in [-0.15, -0.1) is 0 Å². The molecule has 33 heavy (non-hydrogen) atoms. The average molecular weight is 466 g/mol. The van der Waals surface area contributed by atoms with Crippen LogP contribution in [-0.4, -0.2) is 88.0 Å². The first-order valence-corrected chi connectivity index (χ1v) is 10.9. The second-order valence-corrected chi connectivity index (χ2v) is 9.20. The van der Waals surface area contributed by atoms with Gasteiger partial charge in [-0.2, -0.15) is 0 Å². The van der Waals surface area contributed by atoms with Crippen molar-refractivity contribution in [1.82, 2.24) is 0 Å². The maximum Gasteiger partial charge on any atom is 0.334 e. The summed E-state index contributed by atoms with van der Waals surface area (Å²) in [5.41, 5.74) is 1.59. The van der Waals surface area contributed by atoms with Crippen molar-refractivity contribution in [2.45, 2.75) is 68.8 Å². The Kier molecular flexibility index (Phi) is 6.51. The maximum atomic E-state index is 12.4. The molecule has 2 aliphatic heterocycles. The Bertz CT molecular complexity index is 865. The molecular formula is C23H30O10. The summed E-state index contributed by atoms with van der Waals surface area (Å²) < 4.78 is 22.6. The lowest BCUT2D eigenvalue weighted by molar-refractivity contribution is -0.308. The molecule has 4 N–H and O–H groups in total. The minimum absolute atomic E-state index is 0.209. The van der Waals surface area contributed by atoms with Crippen LogP contribution < -0.4 is 0 Å². The number of ether oxygens (including phenoxy) is 4. The summed E-state index contributed by atoms with van der Waals surface area (Å²) in [6, 6.07) is 0. The Hall–Kier alpha value is -2.08. The van der Waals surface area contributed by atoms with Gasteiger partial charge >= 0.3 is 11.9 Å². The molecule has 0 radical (unpaired) electrons. The SMILES string of the molecule is C=C1C(=O)O[C@@H]2[C@H]3C(=C)[C@@H](O[C@@H]4O[C@H](CO)[C@@H](O)[C@H](O)[C@H]4O)C[C@H]3C(=C)C[C@@H](OC(C)=O)[C@@H]12. The van der Waals surface area contributed by atoms with Gasteiger partial charge < -0.3 is 39.4 Å². The zero-order valence-corrected chi connectivity index (χ0v) is 18.3. The van der Waals surface area contributed by atoms with Crippen LogP contribution in [0.15, 0.2) is 36.5 Å². The van der Waals surface area contributed by atoms with Crippen LogP contribution in [-0.2, 0) is 28.5 Å². The van der Waals surface area contributed by atoms with Gasteiger partial charge in [-0.1, -0.05) is 25.3 Å². The number of hydrogen-bond acceptors (Lipinski definition) is 10. The van der Waals surface area contributed by atoms with Crippen LogP contribution >= 0.6 is 0 Å². The molecule has 0 spiro atoms. The third-order valence-electron chi connectivity index (χ3n) is 7.21. The molecule has 11 atom stereocenters. The van der Waals surface area contributed by atoms with E-state index in [9.17, 15) is 30.0 Å². The van der Waals surface area contributed by atoms with Crippen LogP contribution in [0.5, 0.6) is 0 Å². The van der Waals surface area contributed by atoms with Crippen LogP contribution in [0.25, 0.3) is 0 Å². The molecule has 0 amide bonds. The fraction of sp³-hybridized carbons (Fsp3) is 0.652. The molecule has 4 fully saturated rings. The number of esters is 2. The second kappa shape index (κ2) is 8.94. The van der Waals surface area contributed by atoms with E-state index < -0.39 is 73.5 Å². The third-order valence-corrected chi connectivity index (χ3v) is 7.21. The predicted molar refractivity (Wildman–Crippen MR) is 111 cm³/mol. The Morgan fingerprint density at radius 2 is 1.82 bits per heavy atom. The fourth-order valence-electron chi connectivity index (χ4n) is 5.55. The highest BCUT2D eigenvalue weighted by atomic mass is 16.7. The maximum absolute atomic E-state index is 12.4. The molecule has 0 unspecified atom stereocenters. The van der Waals surface area contributed by atoms with E-state index in [1.807, 2.05) is 0 Å². The first-order valence-electron chi connectivity index (χ1n) is 10.9.